The number of aromatic nitrogens is 1. The zero-order valence-electron chi connectivity index (χ0n) is 11.3. The van der Waals surface area contributed by atoms with Crippen LogP contribution in [0.2, 0.25) is 0 Å². The van der Waals surface area contributed by atoms with Crippen molar-refractivity contribution < 1.29 is 9.84 Å². The molecule has 0 amide bonds. The molecule has 1 aromatic heterocycles. The summed E-state index contributed by atoms with van der Waals surface area (Å²) in [7, 11) is 0. The van der Waals surface area contributed by atoms with E-state index in [1.165, 1.54) is 0 Å². The van der Waals surface area contributed by atoms with Gasteiger partial charge in [-0.25, -0.2) is 4.98 Å². The molecule has 20 heavy (non-hydrogen) atoms. The van der Waals surface area contributed by atoms with Gasteiger partial charge in [-0.1, -0.05) is 36.4 Å². The largest absolute Gasteiger partial charge is 0.384 e. The SMILES string of the molecule is O[C@H](c1ccccc1)c1ccc(N2CCOCC2)nc1. The highest BCUT2D eigenvalue weighted by atomic mass is 16.5. The number of aliphatic hydroxyl groups is 1. The highest BCUT2D eigenvalue weighted by molar-refractivity contribution is 5.41. The van der Waals surface area contributed by atoms with Crippen molar-refractivity contribution >= 4 is 5.82 Å². The van der Waals surface area contributed by atoms with E-state index in [1.54, 1.807) is 6.20 Å². The molecule has 3 rings (SSSR count). The molecule has 1 N–H and O–H groups in total. The molecule has 1 aromatic carbocycles. The predicted molar refractivity (Wildman–Crippen MR) is 77.8 cm³/mol. The maximum Gasteiger partial charge on any atom is 0.128 e. The summed E-state index contributed by atoms with van der Waals surface area (Å²) < 4.78 is 5.33. The van der Waals surface area contributed by atoms with Crippen LogP contribution in [0, 0.1) is 0 Å². The monoisotopic (exact) mass is 270 g/mol. The number of benzene rings is 1. The smallest absolute Gasteiger partial charge is 0.128 e. The van der Waals surface area contributed by atoms with Crippen LogP contribution in [-0.4, -0.2) is 36.4 Å². The number of nitrogens with zero attached hydrogens (tertiary/aromatic N) is 2. The Morgan fingerprint density at radius 1 is 1.00 bits per heavy atom. The van der Waals surface area contributed by atoms with E-state index in [2.05, 4.69) is 9.88 Å². The molecule has 0 radical (unpaired) electrons. The Morgan fingerprint density at radius 3 is 2.40 bits per heavy atom. The summed E-state index contributed by atoms with van der Waals surface area (Å²) in [6.07, 6.45) is 1.13. The Kier molecular flexibility index (Phi) is 3.95. The molecule has 0 unspecified atom stereocenters. The number of hydrogen-bond donors (Lipinski definition) is 1. The van der Waals surface area contributed by atoms with E-state index in [0.29, 0.717) is 0 Å². The zero-order valence-corrected chi connectivity index (χ0v) is 11.3. The molecule has 0 saturated carbocycles. The fourth-order valence-electron chi connectivity index (χ4n) is 2.37. The maximum atomic E-state index is 10.3. The molecule has 0 spiro atoms. The molecule has 1 aliphatic rings. The molecular formula is C16H18N2O2. The molecule has 1 atom stereocenters. The first kappa shape index (κ1) is 13.1. The van der Waals surface area contributed by atoms with Gasteiger partial charge in [0.2, 0.25) is 0 Å². The third kappa shape index (κ3) is 2.81. The van der Waals surface area contributed by atoms with Gasteiger partial charge in [-0.05, 0) is 11.6 Å². The van der Waals surface area contributed by atoms with Crippen molar-refractivity contribution in [2.45, 2.75) is 6.10 Å². The lowest BCUT2D eigenvalue weighted by Gasteiger charge is -2.27. The third-order valence-corrected chi connectivity index (χ3v) is 3.54. The number of pyridine rings is 1. The average molecular weight is 270 g/mol. The topological polar surface area (TPSA) is 45.6 Å². The van der Waals surface area contributed by atoms with Gasteiger partial charge in [-0.3, -0.25) is 0 Å². The minimum atomic E-state index is -0.623. The van der Waals surface area contributed by atoms with Gasteiger partial charge in [0.05, 0.1) is 13.2 Å². The minimum absolute atomic E-state index is 0.623. The first-order chi connectivity index (χ1) is 9.84. The molecule has 2 heterocycles. The summed E-state index contributed by atoms with van der Waals surface area (Å²) in [6, 6.07) is 13.5. The standard InChI is InChI=1S/C16H18N2O2/c19-16(13-4-2-1-3-5-13)14-6-7-15(17-12-14)18-8-10-20-11-9-18/h1-7,12,16,19H,8-11H2/t16-/m1/s1. The van der Waals surface area contributed by atoms with Gasteiger partial charge in [0.25, 0.3) is 0 Å². The highest BCUT2D eigenvalue weighted by Crippen LogP contribution is 2.22. The van der Waals surface area contributed by atoms with Gasteiger partial charge in [0.15, 0.2) is 0 Å². The van der Waals surface area contributed by atoms with Crippen LogP contribution in [0.3, 0.4) is 0 Å². The first-order valence-electron chi connectivity index (χ1n) is 6.86. The second kappa shape index (κ2) is 6.03. The summed E-state index contributed by atoms with van der Waals surface area (Å²) >= 11 is 0. The van der Waals surface area contributed by atoms with Crippen LogP contribution in [0.25, 0.3) is 0 Å². The Hall–Kier alpha value is -1.91. The molecular weight excluding hydrogens is 252 g/mol. The lowest BCUT2D eigenvalue weighted by molar-refractivity contribution is 0.122. The van der Waals surface area contributed by atoms with Crippen molar-refractivity contribution in [3.8, 4) is 0 Å². The van der Waals surface area contributed by atoms with Crippen molar-refractivity contribution in [3.63, 3.8) is 0 Å². The Morgan fingerprint density at radius 2 is 1.75 bits per heavy atom. The average Bonchev–Trinajstić information content (AvgIpc) is 2.56. The fourth-order valence-corrected chi connectivity index (χ4v) is 2.37. The molecule has 1 saturated heterocycles. The molecule has 104 valence electrons. The molecule has 1 aliphatic heterocycles. The van der Waals surface area contributed by atoms with Gasteiger partial charge < -0.3 is 14.7 Å². The molecule has 0 bridgehead atoms. The van der Waals surface area contributed by atoms with Crippen LogP contribution in [0.4, 0.5) is 5.82 Å². The van der Waals surface area contributed by atoms with Crippen molar-refractivity contribution in [2.24, 2.45) is 0 Å². The second-order valence-corrected chi connectivity index (χ2v) is 4.86. The number of ether oxygens (including phenoxy) is 1. The fraction of sp³-hybridized carbons (Fsp3) is 0.312. The van der Waals surface area contributed by atoms with Crippen molar-refractivity contribution in [2.75, 3.05) is 31.2 Å². The van der Waals surface area contributed by atoms with Crippen molar-refractivity contribution in [1.29, 1.82) is 0 Å². The van der Waals surface area contributed by atoms with Crippen molar-refractivity contribution in [1.82, 2.24) is 4.98 Å². The van der Waals surface area contributed by atoms with E-state index in [9.17, 15) is 5.11 Å². The lowest BCUT2D eigenvalue weighted by Crippen LogP contribution is -2.36. The van der Waals surface area contributed by atoms with Crippen LogP contribution < -0.4 is 4.90 Å². The first-order valence-corrected chi connectivity index (χ1v) is 6.86. The van der Waals surface area contributed by atoms with Crippen LogP contribution >= 0.6 is 0 Å². The van der Waals surface area contributed by atoms with Gasteiger partial charge in [-0.15, -0.1) is 0 Å². The quantitative estimate of drug-likeness (QED) is 0.926. The summed E-state index contributed by atoms with van der Waals surface area (Å²) in [5, 5.41) is 10.3. The van der Waals surface area contributed by atoms with Crippen LogP contribution in [-0.2, 0) is 4.74 Å². The number of aliphatic hydroxyl groups excluding tert-OH is 1. The number of morpholine rings is 1. The molecule has 1 fully saturated rings. The van der Waals surface area contributed by atoms with Crippen LogP contribution in [0.1, 0.15) is 17.2 Å². The second-order valence-electron chi connectivity index (χ2n) is 4.86. The number of anilines is 1. The highest BCUT2D eigenvalue weighted by Gasteiger charge is 2.14. The number of rotatable bonds is 3. The van der Waals surface area contributed by atoms with E-state index in [4.69, 9.17) is 4.74 Å². The number of hydrogen-bond acceptors (Lipinski definition) is 4. The molecule has 0 aliphatic carbocycles. The van der Waals surface area contributed by atoms with E-state index >= 15 is 0 Å². The van der Waals surface area contributed by atoms with Gasteiger partial charge in [0, 0.05) is 24.8 Å². The van der Waals surface area contributed by atoms with E-state index in [1.807, 2.05) is 42.5 Å². The van der Waals surface area contributed by atoms with E-state index in [0.717, 1.165) is 43.2 Å². The van der Waals surface area contributed by atoms with Gasteiger partial charge >= 0.3 is 0 Å². The minimum Gasteiger partial charge on any atom is -0.384 e. The van der Waals surface area contributed by atoms with Crippen LogP contribution in [0.15, 0.2) is 48.7 Å². The summed E-state index contributed by atoms with van der Waals surface area (Å²) in [6.45, 7) is 3.23. The zero-order chi connectivity index (χ0) is 13.8. The Bertz CT molecular complexity index is 536. The van der Waals surface area contributed by atoms with Crippen molar-refractivity contribution in [3.05, 3.63) is 59.8 Å². The normalized spacial score (nSPS) is 16.9. The van der Waals surface area contributed by atoms with E-state index < -0.39 is 6.10 Å². The Labute approximate surface area is 118 Å². The summed E-state index contributed by atoms with van der Waals surface area (Å²) in [5.74, 6) is 0.942. The van der Waals surface area contributed by atoms with Gasteiger partial charge in [0.1, 0.15) is 11.9 Å². The predicted octanol–water partition coefficient (Wildman–Crippen LogP) is 2.00. The van der Waals surface area contributed by atoms with Crippen LogP contribution in [0.5, 0.6) is 0 Å². The van der Waals surface area contributed by atoms with E-state index in [-0.39, 0.29) is 0 Å². The lowest BCUT2D eigenvalue weighted by atomic mass is 10.0. The summed E-state index contributed by atoms with van der Waals surface area (Å²) in [5.41, 5.74) is 1.70. The Balaban J connectivity index is 1.75. The third-order valence-electron chi connectivity index (χ3n) is 3.54. The molecule has 2 aromatic rings. The maximum absolute atomic E-state index is 10.3. The molecule has 4 heteroatoms. The molecule has 4 nitrogen and oxygen atoms in total. The van der Waals surface area contributed by atoms with Gasteiger partial charge in [-0.2, -0.15) is 0 Å². The summed E-state index contributed by atoms with van der Waals surface area (Å²) in [4.78, 5) is 6.66.